The number of amides is 2. The highest BCUT2D eigenvalue weighted by molar-refractivity contribution is 8.01. The van der Waals surface area contributed by atoms with Crippen LogP contribution in [0.1, 0.15) is 23.2 Å². The molecule has 0 radical (unpaired) electrons. The molecular formula is C19H22N4O2S2. The van der Waals surface area contributed by atoms with Gasteiger partial charge in [0, 0.05) is 16.6 Å². The van der Waals surface area contributed by atoms with Crippen LogP contribution in [0.25, 0.3) is 0 Å². The Kier molecular flexibility index (Phi) is 5.38. The van der Waals surface area contributed by atoms with Crippen molar-refractivity contribution in [3.05, 3.63) is 41.3 Å². The van der Waals surface area contributed by atoms with Crippen molar-refractivity contribution in [2.45, 2.75) is 29.2 Å². The minimum absolute atomic E-state index is 0.114. The highest BCUT2D eigenvalue weighted by Crippen LogP contribution is 2.38. The summed E-state index contributed by atoms with van der Waals surface area (Å²) in [6, 6.07) is 9.82. The maximum absolute atomic E-state index is 12.7. The Balaban J connectivity index is 1.37. The van der Waals surface area contributed by atoms with Gasteiger partial charge in [-0.3, -0.25) is 9.59 Å². The molecule has 3 N–H and O–H groups in total. The number of hydrogen-bond acceptors (Lipinski definition) is 6. The number of benzene rings is 1. The largest absolute Gasteiger partial charge is 0.364 e. The van der Waals surface area contributed by atoms with Crippen LogP contribution in [0.4, 0.5) is 10.7 Å². The van der Waals surface area contributed by atoms with E-state index in [1.165, 1.54) is 23.1 Å². The number of fused-ring (bicyclic) bond motifs is 1. The lowest BCUT2D eigenvalue weighted by Crippen LogP contribution is -2.43. The maximum Gasteiger partial charge on any atom is 0.258 e. The Morgan fingerprint density at radius 2 is 1.96 bits per heavy atom. The van der Waals surface area contributed by atoms with E-state index in [-0.39, 0.29) is 17.9 Å². The smallest absolute Gasteiger partial charge is 0.258 e. The molecule has 0 aliphatic carbocycles. The van der Waals surface area contributed by atoms with Crippen LogP contribution in [0, 0.1) is 0 Å². The average Bonchev–Trinajstić information content (AvgIpc) is 3.30. The number of piperidine rings is 1. The zero-order chi connectivity index (χ0) is 18.8. The molecule has 2 amide bonds. The maximum atomic E-state index is 12.7. The molecule has 1 fully saturated rings. The van der Waals surface area contributed by atoms with Crippen molar-refractivity contribution in [3.63, 3.8) is 0 Å². The van der Waals surface area contributed by atoms with Crippen LogP contribution in [0.15, 0.2) is 40.6 Å². The standard InChI is InChI=1S/C19H22N4O2S2/c1-23-9-6-12(7-10-23)20-16(24)13-8-11-26-18(13)22-17(25)19-21-14-4-2-3-5-15(14)27-19/h2-5,8,11-12,19,21H,6-7,9-10H2,1H3,(H,20,24)(H,22,25). The van der Waals surface area contributed by atoms with E-state index in [4.69, 9.17) is 0 Å². The van der Waals surface area contributed by atoms with Crippen LogP contribution in [0.2, 0.25) is 0 Å². The van der Waals surface area contributed by atoms with E-state index in [1.807, 2.05) is 29.6 Å². The second-order valence-electron chi connectivity index (χ2n) is 6.84. The van der Waals surface area contributed by atoms with E-state index in [9.17, 15) is 9.59 Å². The average molecular weight is 403 g/mol. The Hall–Kier alpha value is -2.03. The van der Waals surface area contributed by atoms with Gasteiger partial charge in [-0.1, -0.05) is 23.9 Å². The summed E-state index contributed by atoms with van der Waals surface area (Å²) in [7, 11) is 2.10. The van der Waals surface area contributed by atoms with Gasteiger partial charge in [-0.25, -0.2) is 0 Å². The molecule has 2 aliphatic rings. The van der Waals surface area contributed by atoms with Gasteiger partial charge in [-0.2, -0.15) is 0 Å². The zero-order valence-corrected chi connectivity index (χ0v) is 16.7. The lowest BCUT2D eigenvalue weighted by atomic mass is 10.1. The second-order valence-corrected chi connectivity index (χ2v) is 8.91. The predicted octanol–water partition coefficient (Wildman–Crippen LogP) is 3.05. The van der Waals surface area contributed by atoms with Crippen LogP contribution in [-0.4, -0.2) is 48.3 Å². The summed E-state index contributed by atoms with van der Waals surface area (Å²) >= 11 is 2.86. The van der Waals surface area contributed by atoms with Gasteiger partial charge in [0.05, 0.1) is 5.56 Å². The summed E-state index contributed by atoms with van der Waals surface area (Å²) in [5, 5.41) is 11.3. The molecule has 0 saturated carbocycles. The third-order valence-corrected chi connectivity index (χ3v) is 6.86. The summed E-state index contributed by atoms with van der Waals surface area (Å²) < 4.78 is 0. The lowest BCUT2D eigenvalue weighted by Gasteiger charge is -2.29. The van der Waals surface area contributed by atoms with Gasteiger partial charge in [0.2, 0.25) is 0 Å². The SMILES string of the molecule is CN1CCC(NC(=O)c2ccsc2NC(=O)C2Nc3ccccc3S2)CC1. The van der Waals surface area contributed by atoms with Gasteiger partial charge in [0.25, 0.3) is 11.8 Å². The second kappa shape index (κ2) is 7.92. The predicted molar refractivity (Wildman–Crippen MR) is 111 cm³/mol. The Labute approximate surface area is 166 Å². The highest BCUT2D eigenvalue weighted by Gasteiger charge is 2.29. The fourth-order valence-corrected chi connectivity index (χ4v) is 5.09. The monoisotopic (exact) mass is 402 g/mol. The molecule has 1 aromatic heterocycles. The molecule has 1 aromatic carbocycles. The molecule has 2 aromatic rings. The first kappa shape index (κ1) is 18.3. The molecule has 1 saturated heterocycles. The van der Waals surface area contributed by atoms with Crippen molar-refractivity contribution in [3.8, 4) is 0 Å². The van der Waals surface area contributed by atoms with Crippen LogP contribution in [0.5, 0.6) is 0 Å². The third kappa shape index (κ3) is 4.12. The van der Waals surface area contributed by atoms with Crippen molar-refractivity contribution in [2.24, 2.45) is 0 Å². The molecule has 0 bridgehead atoms. The number of rotatable bonds is 4. The number of carbonyl (C=O) groups excluding carboxylic acids is 2. The van der Waals surface area contributed by atoms with E-state index in [2.05, 4.69) is 27.9 Å². The minimum Gasteiger partial charge on any atom is -0.364 e. The van der Waals surface area contributed by atoms with E-state index in [0.29, 0.717) is 10.6 Å². The first-order chi connectivity index (χ1) is 13.1. The number of para-hydroxylation sites is 1. The number of hydrogen-bond donors (Lipinski definition) is 3. The van der Waals surface area contributed by atoms with Crippen molar-refractivity contribution in [2.75, 3.05) is 30.8 Å². The van der Waals surface area contributed by atoms with E-state index >= 15 is 0 Å². The van der Waals surface area contributed by atoms with E-state index in [1.54, 1.807) is 6.07 Å². The number of anilines is 2. The molecule has 6 nitrogen and oxygen atoms in total. The van der Waals surface area contributed by atoms with E-state index in [0.717, 1.165) is 36.5 Å². The third-order valence-electron chi connectivity index (χ3n) is 4.86. The highest BCUT2D eigenvalue weighted by atomic mass is 32.2. The molecule has 142 valence electrons. The van der Waals surface area contributed by atoms with Crippen molar-refractivity contribution in [1.29, 1.82) is 0 Å². The molecule has 0 spiro atoms. The lowest BCUT2D eigenvalue weighted by molar-refractivity contribution is -0.115. The summed E-state index contributed by atoms with van der Waals surface area (Å²) in [5.74, 6) is -0.261. The van der Waals surface area contributed by atoms with Gasteiger partial charge in [-0.05, 0) is 56.6 Å². The fourth-order valence-electron chi connectivity index (χ4n) is 3.28. The Morgan fingerprint density at radius 3 is 2.74 bits per heavy atom. The fraction of sp³-hybridized carbons (Fsp3) is 0.368. The number of likely N-dealkylation sites (tertiary alicyclic amines) is 1. The Bertz CT molecular complexity index is 821. The van der Waals surface area contributed by atoms with Gasteiger partial charge in [-0.15, -0.1) is 11.3 Å². The summed E-state index contributed by atoms with van der Waals surface area (Å²) in [4.78, 5) is 28.7. The molecule has 4 rings (SSSR count). The summed E-state index contributed by atoms with van der Waals surface area (Å²) in [6.07, 6.45) is 1.91. The quantitative estimate of drug-likeness (QED) is 0.733. The van der Waals surface area contributed by atoms with Crippen LogP contribution in [-0.2, 0) is 4.79 Å². The molecule has 1 atom stereocenters. The molecule has 1 unspecified atom stereocenters. The number of thiophene rings is 1. The van der Waals surface area contributed by atoms with Gasteiger partial charge >= 0.3 is 0 Å². The summed E-state index contributed by atoms with van der Waals surface area (Å²) in [6.45, 7) is 1.98. The molecule has 27 heavy (non-hydrogen) atoms. The number of nitrogens with zero attached hydrogens (tertiary/aromatic N) is 1. The summed E-state index contributed by atoms with van der Waals surface area (Å²) in [5.41, 5.74) is 1.50. The Morgan fingerprint density at radius 1 is 1.19 bits per heavy atom. The van der Waals surface area contributed by atoms with Gasteiger partial charge < -0.3 is 20.9 Å². The molecule has 8 heteroatoms. The van der Waals surface area contributed by atoms with E-state index < -0.39 is 5.37 Å². The number of thioether (sulfide) groups is 1. The van der Waals surface area contributed by atoms with Crippen LogP contribution < -0.4 is 16.0 Å². The normalized spacial score (nSPS) is 20.0. The molecule has 2 aliphatic heterocycles. The minimum atomic E-state index is -0.394. The first-order valence-electron chi connectivity index (χ1n) is 9.00. The van der Waals surface area contributed by atoms with Gasteiger partial charge in [0.15, 0.2) is 5.37 Å². The van der Waals surface area contributed by atoms with Crippen LogP contribution in [0.3, 0.4) is 0 Å². The number of carbonyl (C=O) groups is 2. The molecular weight excluding hydrogens is 380 g/mol. The molecule has 3 heterocycles. The van der Waals surface area contributed by atoms with Crippen molar-refractivity contribution in [1.82, 2.24) is 10.2 Å². The number of nitrogens with one attached hydrogen (secondary N) is 3. The van der Waals surface area contributed by atoms with Crippen molar-refractivity contribution < 1.29 is 9.59 Å². The topological polar surface area (TPSA) is 73.5 Å². The van der Waals surface area contributed by atoms with Gasteiger partial charge in [0.1, 0.15) is 5.00 Å². The van der Waals surface area contributed by atoms with Crippen molar-refractivity contribution >= 4 is 45.6 Å². The van der Waals surface area contributed by atoms with Crippen LogP contribution >= 0.6 is 23.1 Å². The zero-order valence-electron chi connectivity index (χ0n) is 15.0. The first-order valence-corrected chi connectivity index (χ1v) is 10.8.